The minimum Gasteiger partial charge on any atom is -0.313 e. The Bertz CT molecular complexity index is 2680. The van der Waals surface area contributed by atoms with Crippen molar-refractivity contribution in [2.24, 2.45) is 0 Å². The van der Waals surface area contributed by atoms with Gasteiger partial charge in [0.15, 0.2) is 0 Å². The fraction of sp³-hybridized carbons (Fsp3) is 0.0417. The minimum absolute atomic E-state index is 1.06. The lowest BCUT2D eigenvalue weighted by Crippen LogP contribution is -2.02. The molecule has 2 nitrogen and oxygen atoms in total. The molecular formula is C48H34N2. The van der Waals surface area contributed by atoms with E-state index < -0.39 is 0 Å². The zero-order valence-electron chi connectivity index (χ0n) is 27.6. The Kier molecular flexibility index (Phi) is 6.67. The number of rotatable bonds is 5. The van der Waals surface area contributed by atoms with Crippen LogP contribution in [0.1, 0.15) is 17.7 Å². The topological polar surface area (TPSA) is 9.86 Å². The van der Waals surface area contributed by atoms with E-state index in [-0.39, 0.29) is 0 Å². The molecule has 0 aliphatic heterocycles. The molecule has 1 aliphatic carbocycles. The Balaban J connectivity index is 0.955. The molecule has 0 radical (unpaired) electrons. The lowest BCUT2D eigenvalue weighted by molar-refractivity contribution is 0.888. The van der Waals surface area contributed by atoms with E-state index in [0.717, 1.165) is 12.8 Å². The third-order valence-electron chi connectivity index (χ3n) is 10.4. The monoisotopic (exact) mass is 638 g/mol. The number of aromatic nitrogens is 2. The van der Waals surface area contributed by atoms with Crippen molar-refractivity contribution in [1.82, 2.24) is 9.13 Å². The zero-order valence-corrected chi connectivity index (χ0v) is 27.6. The predicted octanol–water partition coefficient (Wildman–Crippen LogP) is 12.7. The highest BCUT2D eigenvalue weighted by Crippen LogP contribution is 2.36. The summed E-state index contributed by atoms with van der Waals surface area (Å²) in [4.78, 5) is 0. The number of allylic oxidation sites excluding steroid dienone is 1. The van der Waals surface area contributed by atoms with E-state index in [1.54, 1.807) is 0 Å². The number of para-hydroxylation sites is 3. The molecule has 0 fully saturated rings. The van der Waals surface area contributed by atoms with Crippen LogP contribution in [-0.4, -0.2) is 9.13 Å². The Labute approximate surface area is 291 Å². The number of hydrogen-bond donors (Lipinski definition) is 0. The first-order valence-electron chi connectivity index (χ1n) is 17.5. The summed E-state index contributed by atoms with van der Waals surface area (Å²) >= 11 is 0. The molecule has 0 unspecified atom stereocenters. The van der Waals surface area contributed by atoms with E-state index in [1.807, 2.05) is 0 Å². The highest BCUT2D eigenvalue weighted by atomic mass is 15.0. The first-order valence-corrected chi connectivity index (χ1v) is 17.5. The third kappa shape index (κ3) is 4.64. The van der Waals surface area contributed by atoms with E-state index in [1.165, 1.54) is 88.7 Å². The van der Waals surface area contributed by atoms with E-state index in [4.69, 9.17) is 0 Å². The van der Waals surface area contributed by atoms with Gasteiger partial charge in [-0.15, -0.1) is 0 Å². The molecule has 0 N–H and O–H groups in total. The van der Waals surface area contributed by atoms with Crippen LogP contribution in [-0.2, 0) is 6.42 Å². The predicted molar refractivity (Wildman–Crippen MR) is 211 cm³/mol. The fourth-order valence-corrected chi connectivity index (χ4v) is 8.03. The van der Waals surface area contributed by atoms with Gasteiger partial charge in [-0.3, -0.25) is 0 Å². The quantitative estimate of drug-likeness (QED) is 0.178. The van der Waals surface area contributed by atoms with Crippen molar-refractivity contribution in [2.45, 2.75) is 12.8 Å². The standard InChI is InChI=1S/C48H34N2/c1-5-19-45-41(15-1)42-16-2-6-20-46(42)49(45)39-27-23-33(24-28-39)35-11-9-13-37(31-35)38-14-10-12-36(32-38)34-25-29-40(30-26-34)50-47-21-7-3-17-43(47)44-18-4-8-22-48(44)50/h1-7,9-21,23-32H,8,22H2. The molecule has 0 saturated heterocycles. The molecule has 0 amide bonds. The molecule has 50 heavy (non-hydrogen) atoms. The van der Waals surface area contributed by atoms with Crippen LogP contribution < -0.4 is 0 Å². The SMILES string of the molecule is C1=Cc2c(n(-c3ccc(-c4cccc(-c5cccc(-c6ccc(-n7c8ccccc8c8ccccc87)cc6)c5)c4)cc3)c3ccccc23)CC1. The summed E-state index contributed by atoms with van der Waals surface area (Å²) in [6, 6.07) is 62.0. The largest absolute Gasteiger partial charge is 0.313 e. The maximum atomic E-state index is 2.45. The first-order chi connectivity index (χ1) is 24.8. The fourth-order valence-electron chi connectivity index (χ4n) is 8.03. The number of nitrogens with zero attached hydrogens (tertiary/aromatic N) is 2. The average molecular weight is 639 g/mol. The Morgan fingerprint density at radius 1 is 0.360 bits per heavy atom. The van der Waals surface area contributed by atoms with Crippen molar-refractivity contribution in [1.29, 1.82) is 0 Å². The van der Waals surface area contributed by atoms with Gasteiger partial charge in [0, 0.05) is 38.8 Å². The highest BCUT2D eigenvalue weighted by molar-refractivity contribution is 6.09. The second kappa shape index (κ2) is 11.6. The summed E-state index contributed by atoms with van der Waals surface area (Å²) in [5, 5.41) is 3.89. The van der Waals surface area contributed by atoms with Gasteiger partial charge in [0.1, 0.15) is 0 Å². The number of hydrogen-bond acceptors (Lipinski definition) is 0. The van der Waals surface area contributed by atoms with Gasteiger partial charge in [0.05, 0.1) is 16.6 Å². The molecule has 0 spiro atoms. The van der Waals surface area contributed by atoms with Gasteiger partial charge >= 0.3 is 0 Å². The first kappa shape index (κ1) is 28.6. The second-order valence-electron chi connectivity index (χ2n) is 13.3. The molecule has 10 rings (SSSR count). The smallest absolute Gasteiger partial charge is 0.0541 e. The zero-order chi connectivity index (χ0) is 33.0. The van der Waals surface area contributed by atoms with Crippen LogP contribution in [0, 0.1) is 0 Å². The second-order valence-corrected chi connectivity index (χ2v) is 13.3. The van der Waals surface area contributed by atoms with Gasteiger partial charge in [-0.2, -0.15) is 0 Å². The maximum absolute atomic E-state index is 2.45. The van der Waals surface area contributed by atoms with Gasteiger partial charge in [0.25, 0.3) is 0 Å². The number of fused-ring (bicyclic) bond motifs is 6. The molecule has 2 heteroatoms. The molecule has 0 saturated carbocycles. The van der Waals surface area contributed by atoms with E-state index in [0.29, 0.717) is 0 Å². The van der Waals surface area contributed by atoms with E-state index in [9.17, 15) is 0 Å². The summed E-state index contributed by atoms with van der Waals surface area (Å²) in [6.45, 7) is 0. The van der Waals surface area contributed by atoms with Gasteiger partial charge in [-0.05, 0) is 101 Å². The molecule has 1 aliphatic rings. The van der Waals surface area contributed by atoms with Crippen LogP contribution in [0.2, 0.25) is 0 Å². The van der Waals surface area contributed by atoms with Crippen LogP contribution in [0.5, 0.6) is 0 Å². The molecule has 0 bridgehead atoms. The molecule has 2 aromatic heterocycles. The molecule has 0 atom stereocenters. The molecule has 2 heterocycles. The van der Waals surface area contributed by atoms with Crippen LogP contribution >= 0.6 is 0 Å². The van der Waals surface area contributed by atoms with Gasteiger partial charge in [0.2, 0.25) is 0 Å². The summed E-state index contributed by atoms with van der Waals surface area (Å²) < 4.78 is 4.82. The lowest BCUT2D eigenvalue weighted by Gasteiger charge is -2.14. The van der Waals surface area contributed by atoms with Crippen molar-refractivity contribution >= 4 is 38.8 Å². The lowest BCUT2D eigenvalue weighted by atomic mass is 9.96. The minimum atomic E-state index is 1.06. The summed E-state index contributed by atoms with van der Waals surface area (Å²) in [5.41, 5.74) is 16.2. The summed E-state index contributed by atoms with van der Waals surface area (Å²) in [6.07, 6.45) is 6.75. The van der Waals surface area contributed by atoms with Crippen molar-refractivity contribution < 1.29 is 0 Å². The van der Waals surface area contributed by atoms with Crippen LogP contribution in [0.4, 0.5) is 0 Å². The van der Waals surface area contributed by atoms with E-state index in [2.05, 4.69) is 191 Å². The van der Waals surface area contributed by atoms with Crippen molar-refractivity contribution in [3.05, 3.63) is 187 Å². The maximum Gasteiger partial charge on any atom is 0.0541 e. The van der Waals surface area contributed by atoms with Gasteiger partial charge < -0.3 is 9.13 Å². The van der Waals surface area contributed by atoms with Crippen LogP contribution in [0.15, 0.2) is 176 Å². The van der Waals surface area contributed by atoms with Crippen molar-refractivity contribution in [2.75, 3.05) is 0 Å². The van der Waals surface area contributed by atoms with Gasteiger partial charge in [-0.25, -0.2) is 0 Å². The van der Waals surface area contributed by atoms with Crippen molar-refractivity contribution in [3.63, 3.8) is 0 Å². The molecule has 9 aromatic rings. The number of benzene rings is 7. The molecular weight excluding hydrogens is 605 g/mol. The Morgan fingerprint density at radius 3 is 1.34 bits per heavy atom. The van der Waals surface area contributed by atoms with Crippen LogP contribution in [0.25, 0.3) is 83.5 Å². The molecule has 7 aromatic carbocycles. The highest BCUT2D eigenvalue weighted by Gasteiger charge is 2.18. The van der Waals surface area contributed by atoms with Gasteiger partial charge in [-0.1, -0.05) is 127 Å². The average Bonchev–Trinajstić information content (AvgIpc) is 3.71. The Morgan fingerprint density at radius 2 is 0.800 bits per heavy atom. The van der Waals surface area contributed by atoms with Crippen molar-refractivity contribution in [3.8, 4) is 44.8 Å². The third-order valence-corrected chi connectivity index (χ3v) is 10.4. The summed E-state index contributed by atoms with van der Waals surface area (Å²) in [7, 11) is 0. The molecule has 236 valence electrons. The van der Waals surface area contributed by atoms with Crippen LogP contribution in [0.3, 0.4) is 0 Å². The van der Waals surface area contributed by atoms with E-state index >= 15 is 0 Å². The normalized spacial score (nSPS) is 12.6. The summed E-state index contributed by atoms with van der Waals surface area (Å²) in [5.74, 6) is 0. The Hall–Kier alpha value is -6.38.